The van der Waals surface area contributed by atoms with Crippen LogP contribution < -0.4 is 5.32 Å². The smallest absolute Gasteiger partial charge is 0.326 e. The molecule has 1 saturated heterocycles. The fraction of sp³-hybridized carbons (Fsp3) is 0.600. The van der Waals surface area contributed by atoms with Gasteiger partial charge in [0.15, 0.2) is 0 Å². The zero-order chi connectivity index (χ0) is 8.43. The van der Waals surface area contributed by atoms with Gasteiger partial charge in [0.2, 0.25) is 5.91 Å². The van der Waals surface area contributed by atoms with Crippen molar-refractivity contribution in [1.29, 1.82) is 0 Å². The zero-order valence-electron chi connectivity index (χ0n) is 5.65. The second-order valence-corrected chi connectivity index (χ2v) is 5.70. The van der Waals surface area contributed by atoms with E-state index in [2.05, 4.69) is 17.6 Å². The van der Waals surface area contributed by atoms with Crippen LogP contribution in [-0.2, 0) is 9.59 Å². The van der Waals surface area contributed by atoms with Gasteiger partial charge in [-0.1, -0.05) is 0 Å². The molecule has 11 heavy (non-hydrogen) atoms. The minimum Gasteiger partial charge on any atom is -0.480 e. The number of hydrogen-bond donors (Lipinski definition) is 3. The van der Waals surface area contributed by atoms with E-state index in [0.717, 1.165) is 0 Å². The van der Waals surface area contributed by atoms with Crippen LogP contribution >= 0.6 is 19.4 Å². The SMILES string of the molecule is O=C1CP(S)CC(C(=O)O)N1. The van der Waals surface area contributed by atoms with E-state index in [1.54, 1.807) is 0 Å². The number of carbonyl (C=O) groups excluding carboxylic acids is 1. The Labute approximate surface area is 70.3 Å². The number of carboxylic acid groups (broad SMARTS) is 1. The van der Waals surface area contributed by atoms with Crippen LogP contribution in [-0.4, -0.2) is 35.3 Å². The molecule has 0 aromatic rings. The van der Waals surface area contributed by atoms with E-state index < -0.39 is 19.1 Å². The summed E-state index contributed by atoms with van der Waals surface area (Å²) < 4.78 is 0. The number of nitrogens with one attached hydrogen (secondary N) is 1. The second kappa shape index (κ2) is 3.41. The van der Waals surface area contributed by atoms with Gasteiger partial charge < -0.3 is 10.4 Å². The molecule has 62 valence electrons. The van der Waals surface area contributed by atoms with Crippen molar-refractivity contribution in [1.82, 2.24) is 5.32 Å². The number of amides is 1. The van der Waals surface area contributed by atoms with Crippen LogP contribution in [0.5, 0.6) is 0 Å². The summed E-state index contributed by atoms with van der Waals surface area (Å²) >= 11 is 4.12. The van der Waals surface area contributed by atoms with Crippen molar-refractivity contribution >= 4 is 31.2 Å². The highest BCUT2D eigenvalue weighted by Crippen LogP contribution is 2.42. The number of carbonyl (C=O) groups is 2. The summed E-state index contributed by atoms with van der Waals surface area (Å²) in [7, 11) is -0.701. The summed E-state index contributed by atoms with van der Waals surface area (Å²) in [4.78, 5) is 21.2. The molecule has 0 bridgehead atoms. The van der Waals surface area contributed by atoms with Crippen LogP contribution in [0.4, 0.5) is 0 Å². The first-order chi connectivity index (χ1) is 5.09. The quantitative estimate of drug-likeness (QED) is 0.402. The maximum atomic E-state index is 10.8. The first-order valence-corrected chi connectivity index (χ1v) is 5.92. The van der Waals surface area contributed by atoms with Gasteiger partial charge in [-0.05, 0) is 7.12 Å². The molecule has 0 spiro atoms. The first kappa shape index (κ1) is 8.81. The fourth-order valence-corrected chi connectivity index (χ4v) is 2.96. The van der Waals surface area contributed by atoms with Crippen LogP contribution in [0.25, 0.3) is 0 Å². The third-order valence-corrected chi connectivity index (χ3v) is 3.71. The molecule has 1 amide bonds. The van der Waals surface area contributed by atoms with Crippen molar-refractivity contribution in [2.24, 2.45) is 0 Å². The van der Waals surface area contributed by atoms with Gasteiger partial charge in [0.1, 0.15) is 6.04 Å². The van der Waals surface area contributed by atoms with Gasteiger partial charge in [0.05, 0.1) is 6.16 Å². The predicted molar refractivity (Wildman–Crippen MR) is 45.2 cm³/mol. The molecule has 0 aromatic carbocycles. The molecule has 1 aliphatic rings. The Morgan fingerprint density at radius 1 is 1.82 bits per heavy atom. The molecular weight excluding hydrogens is 185 g/mol. The maximum absolute atomic E-state index is 10.8. The number of aliphatic carboxylic acids is 1. The number of rotatable bonds is 1. The van der Waals surface area contributed by atoms with Crippen molar-refractivity contribution in [2.75, 3.05) is 12.3 Å². The average Bonchev–Trinajstić information content (AvgIpc) is 1.85. The van der Waals surface area contributed by atoms with Gasteiger partial charge in [-0.2, -0.15) is 12.2 Å². The number of thiol groups is 1. The number of hydrogen-bond acceptors (Lipinski definition) is 3. The van der Waals surface area contributed by atoms with Crippen molar-refractivity contribution < 1.29 is 14.7 Å². The fourth-order valence-electron chi connectivity index (χ4n) is 0.867. The predicted octanol–water partition coefficient (Wildman–Crippen LogP) is -0.104. The van der Waals surface area contributed by atoms with Gasteiger partial charge in [-0.3, -0.25) is 4.79 Å². The highest BCUT2D eigenvalue weighted by Gasteiger charge is 2.28. The molecule has 1 fully saturated rings. The summed E-state index contributed by atoms with van der Waals surface area (Å²) in [6.07, 6.45) is 0.849. The summed E-state index contributed by atoms with van der Waals surface area (Å²) in [5, 5.41) is 10.9. The van der Waals surface area contributed by atoms with Crippen LogP contribution in [0.1, 0.15) is 0 Å². The molecular formula is C5H8NO3PS. The average molecular weight is 193 g/mol. The Morgan fingerprint density at radius 2 is 2.45 bits per heavy atom. The topological polar surface area (TPSA) is 66.4 Å². The summed E-state index contributed by atoms with van der Waals surface area (Å²) in [6, 6.07) is -0.722. The normalized spacial score (nSPS) is 31.2. The van der Waals surface area contributed by atoms with E-state index >= 15 is 0 Å². The molecule has 2 unspecified atom stereocenters. The third-order valence-electron chi connectivity index (χ3n) is 1.35. The summed E-state index contributed by atoms with van der Waals surface area (Å²) in [5.74, 6) is -1.18. The van der Waals surface area contributed by atoms with Crippen LogP contribution in [0, 0.1) is 0 Å². The third kappa shape index (κ3) is 2.34. The minimum atomic E-state index is -0.973. The molecule has 0 aromatic heterocycles. The molecule has 4 nitrogen and oxygen atoms in total. The summed E-state index contributed by atoms with van der Waals surface area (Å²) in [6.45, 7) is 0. The Bertz CT molecular complexity index is 198. The zero-order valence-corrected chi connectivity index (χ0v) is 7.44. The van der Waals surface area contributed by atoms with Crippen LogP contribution in [0.3, 0.4) is 0 Å². The highest BCUT2D eigenvalue weighted by atomic mass is 32.7. The monoisotopic (exact) mass is 193 g/mol. The van der Waals surface area contributed by atoms with E-state index in [9.17, 15) is 9.59 Å². The van der Waals surface area contributed by atoms with Gasteiger partial charge in [0.25, 0.3) is 0 Å². The van der Waals surface area contributed by atoms with Gasteiger partial charge in [-0.15, -0.1) is 0 Å². The van der Waals surface area contributed by atoms with Crippen molar-refractivity contribution in [3.05, 3.63) is 0 Å². The number of carboxylic acids is 1. The molecule has 0 radical (unpaired) electrons. The van der Waals surface area contributed by atoms with Gasteiger partial charge in [-0.25, -0.2) is 4.79 Å². The second-order valence-electron chi connectivity index (χ2n) is 2.31. The van der Waals surface area contributed by atoms with Gasteiger partial charge in [0, 0.05) is 6.16 Å². The van der Waals surface area contributed by atoms with E-state index in [-0.39, 0.29) is 5.91 Å². The lowest BCUT2D eigenvalue weighted by molar-refractivity contribution is -0.141. The molecule has 2 N–H and O–H groups in total. The molecule has 1 heterocycles. The van der Waals surface area contributed by atoms with Crippen LogP contribution in [0.2, 0.25) is 0 Å². The highest BCUT2D eigenvalue weighted by molar-refractivity contribution is 8.45. The molecule has 2 atom stereocenters. The van der Waals surface area contributed by atoms with Crippen LogP contribution in [0.15, 0.2) is 0 Å². The Balaban J connectivity index is 2.56. The van der Waals surface area contributed by atoms with E-state index in [0.29, 0.717) is 12.3 Å². The van der Waals surface area contributed by atoms with E-state index in [4.69, 9.17) is 5.11 Å². The van der Waals surface area contributed by atoms with Crippen molar-refractivity contribution in [2.45, 2.75) is 6.04 Å². The Hall–Kier alpha value is -0.280. The van der Waals surface area contributed by atoms with Gasteiger partial charge >= 0.3 is 5.97 Å². The van der Waals surface area contributed by atoms with Crippen molar-refractivity contribution in [3.8, 4) is 0 Å². The molecule has 0 saturated carbocycles. The maximum Gasteiger partial charge on any atom is 0.326 e. The van der Waals surface area contributed by atoms with E-state index in [1.807, 2.05) is 0 Å². The lowest BCUT2D eigenvalue weighted by Crippen LogP contribution is -2.47. The first-order valence-electron chi connectivity index (χ1n) is 3.05. The lowest BCUT2D eigenvalue weighted by atomic mass is 10.3. The molecule has 6 heteroatoms. The standard InChI is InChI=1S/C5H8NO3PS/c7-4-2-10(11)1-3(6-4)5(8)9/h3,11H,1-2H2,(H,6,7)(H,8,9). The lowest BCUT2D eigenvalue weighted by Gasteiger charge is -2.23. The van der Waals surface area contributed by atoms with Crippen molar-refractivity contribution in [3.63, 3.8) is 0 Å². The largest absolute Gasteiger partial charge is 0.480 e. The minimum absolute atomic E-state index is 0.204. The molecule has 1 rings (SSSR count). The Kier molecular flexibility index (Phi) is 2.73. The summed E-state index contributed by atoms with van der Waals surface area (Å²) in [5.41, 5.74) is 0. The molecule has 0 aliphatic carbocycles. The van der Waals surface area contributed by atoms with E-state index in [1.165, 1.54) is 0 Å². The Morgan fingerprint density at radius 3 is 2.91 bits per heavy atom. The molecule has 1 aliphatic heterocycles.